The number of carbonyl (C=O) groups excluding carboxylic acids is 4. The Bertz CT molecular complexity index is 1600. The maximum Gasteiger partial charge on any atom is 0.343 e. The van der Waals surface area contributed by atoms with Crippen molar-refractivity contribution in [2.75, 3.05) is 18.1 Å². The van der Waals surface area contributed by atoms with Crippen LogP contribution in [0.3, 0.4) is 0 Å². The Balaban J connectivity index is 1.10. The lowest BCUT2D eigenvalue weighted by Crippen LogP contribution is -2.27. The van der Waals surface area contributed by atoms with E-state index < -0.39 is 30.2 Å². The van der Waals surface area contributed by atoms with Crippen molar-refractivity contribution in [2.45, 2.75) is 13.3 Å². The molecule has 0 spiro atoms. The van der Waals surface area contributed by atoms with Crippen LogP contribution in [0.2, 0.25) is 0 Å². The van der Waals surface area contributed by atoms with Gasteiger partial charge in [0, 0.05) is 28.7 Å². The molecule has 42 heavy (non-hydrogen) atoms. The SMILES string of the molecule is Cc1ccc(Oc2ccc(N3C[C@H](C(=O)OCC(=O)c4ccc(OC(=O)c5ccc(Br)cc5)cc4)CC3=O)cc2)cc1. The zero-order valence-electron chi connectivity index (χ0n) is 22.6. The number of aryl methyl sites for hydroxylation is 1. The molecule has 0 aromatic heterocycles. The quantitative estimate of drug-likeness (QED) is 0.118. The standard InChI is InChI=1S/C33H26BrNO7/c1-21-2-12-27(13-3-21)41-28-16-10-26(11-17-28)35-19-24(18-31(35)37)32(38)40-20-30(36)22-6-14-29(15-7-22)42-33(39)23-4-8-25(34)9-5-23/h2-17,24H,18-20H2,1H3/t24-/m1/s1. The fourth-order valence-electron chi connectivity index (χ4n) is 4.35. The van der Waals surface area contributed by atoms with Gasteiger partial charge < -0.3 is 19.1 Å². The summed E-state index contributed by atoms with van der Waals surface area (Å²) in [5, 5.41) is 0. The monoisotopic (exact) mass is 627 g/mol. The number of halogens is 1. The molecule has 1 fully saturated rings. The average molecular weight is 628 g/mol. The van der Waals surface area contributed by atoms with Crippen LogP contribution in [0.5, 0.6) is 17.2 Å². The van der Waals surface area contributed by atoms with Gasteiger partial charge in [0.1, 0.15) is 17.2 Å². The van der Waals surface area contributed by atoms with E-state index in [4.69, 9.17) is 14.2 Å². The van der Waals surface area contributed by atoms with E-state index in [1.54, 1.807) is 48.5 Å². The second kappa shape index (κ2) is 12.8. The van der Waals surface area contributed by atoms with Crippen LogP contribution >= 0.6 is 15.9 Å². The number of hydrogen-bond acceptors (Lipinski definition) is 7. The zero-order chi connectivity index (χ0) is 29.6. The van der Waals surface area contributed by atoms with Crippen molar-refractivity contribution in [1.29, 1.82) is 0 Å². The Labute approximate surface area is 250 Å². The normalized spacial score (nSPS) is 14.4. The molecule has 4 aromatic carbocycles. The van der Waals surface area contributed by atoms with E-state index in [9.17, 15) is 19.2 Å². The highest BCUT2D eigenvalue weighted by atomic mass is 79.9. The summed E-state index contributed by atoms with van der Waals surface area (Å²) in [5.74, 6) is -0.840. The van der Waals surface area contributed by atoms with Crippen molar-refractivity contribution in [3.63, 3.8) is 0 Å². The van der Waals surface area contributed by atoms with Gasteiger partial charge in [-0.3, -0.25) is 14.4 Å². The average Bonchev–Trinajstić information content (AvgIpc) is 3.39. The Morgan fingerprint density at radius 2 is 1.36 bits per heavy atom. The van der Waals surface area contributed by atoms with Crippen LogP contribution in [0.4, 0.5) is 5.69 Å². The highest BCUT2D eigenvalue weighted by Crippen LogP contribution is 2.29. The van der Waals surface area contributed by atoms with Gasteiger partial charge in [-0.15, -0.1) is 0 Å². The van der Waals surface area contributed by atoms with E-state index in [0.29, 0.717) is 28.3 Å². The van der Waals surface area contributed by atoms with Gasteiger partial charge in [0.2, 0.25) is 5.91 Å². The first-order valence-corrected chi connectivity index (χ1v) is 14.0. The molecule has 0 radical (unpaired) electrons. The summed E-state index contributed by atoms with van der Waals surface area (Å²) in [6.07, 6.45) is -0.00687. The number of rotatable bonds is 9. The zero-order valence-corrected chi connectivity index (χ0v) is 24.2. The van der Waals surface area contributed by atoms with Crippen molar-refractivity contribution in [3.05, 3.63) is 118 Å². The highest BCUT2D eigenvalue weighted by Gasteiger charge is 2.36. The van der Waals surface area contributed by atoms with E-state index in [-0.39, 0.29) is 24.6 Å². The van der Waals surface area contributed by atoms with Gasteiger partial charge >= 0.3 is 11.9 Å². The van der Waals surface area contributed by atoms with Crippen LogP contribution in [0, 0.1) is 12.8 Å². The van der Waals surface area contributed by atoms with Crippen LogP contribution in [0.15, 0.2) is 102 Å². The number of hydrogen-bond donors (Lipinski definition) is 0. The topological polar surface area (TPSA) is 99.2 Å². The molecule has 9 heteroatoms. The predicted molar refractivity (Wildman–Crippen MR) is 159 cm³/mol. The van der Waals surface area contributed by atoms with E-state index in [1.165, 1.54) is 29.2 Å². The van der Waals surface area contributed by atoms with Crippen LogP contribution in [0.25, 0.3) is 0 Å². The molecule has 1 atom stereocenters. The smallest absolute Gasteiger partial charge is 0.343 e. The largest absolute Gasteiger partial charge is 0.457 e. The number of amides is 1. The van der Waals surface area contributed by atoms with Crippen molar-refractivity contribution in [3.8, 4) is 17.2 Å². The molecule has 1 heterocycles. The molecule has 0 unspecified atom stereocenters. The molecule has 212 valence electrons. The number of nitrogens with zero attached hydrogens (tertiary/aromatic N) is 1. The Kier molecular flexibility index (Phi) is 8.78. The van der Waals surface area contributed by atoms with Crippen LogP contribution in [-0.2, 0) is 14.3 Å². The minimum atomic E-state index is -0.686. The molecule has 1 aliphatic rings. The molecule has 5 rings (SSSR count). The van der Waals surface area contributed by atoms with Crippen molar-refractivity contribution in [2.24, 2.45) is 5.92 Å². The number of esters is 2. The van der Waals surface area contributed by atoms with Gasteiger partial charge in [-0.1, -0.05) is 33.6 Å². The molecule has 0 N–H and O–H groups in total. The third-order valence-corrected chi connectivity index (χ3v) is 7.20. The lowest BCUT2D eigenvalue weighted by atomic mass is 10.1. The summed E-state index contributed by atoms with van der Waals surface area (Å²) in [6, 6.07) is 27.4. The lowest BCUT2D eigenvalue weighted by molar-refractivity contribution is -0.147. The van der Waals surface area contributed by atoms with Crippen LogP contribution < -0.4 is 14.4 Å². The second-order valence-electron chi connectivity index (χ2n) is 9.77. The van der Waals surface area contributed by atoms with Gasteiger partial charge in [0.15, 0.2) is 12.4 Å². The molecule has 1 saturated heterocycles. The first-order valence-electron chi connectivity index (χ1n) is 13.2. The third kappa shape index (κ3) is 7.11. The third-order valence-electron chi connectivity index (χ3n) is 6.68. The molecule has 0 saturated carbocycles. The number of carbonyl (C=O) groups is 4. The summed E-state index contributed by atoms with van der Waals surface area (Å²) in [4.78, 5) is 51.7. The van der Waals surface area contributed by atoms with Gasteiger partial charge in [-0.05, 0) is 91.9 Å². The van der Waals surface area contributed by atoms with Gasteiger partial charge in [-0.25, -0.2) is 4.79 Å². The number of Topliss-reactive ketones (excluding diaryl/α,β-unsaturated/α-hetero) is 1. The Morgan fingerprint density at radius 1 is 0.786 bits per heavy atom. The molecular formula is C33H26BrNO7. The van der Waals surface area contributed by atoms with E-state index >= 15 is 0 Å². The van der Waals surface area contributed by atoms with Gasteiger partial charge in [0.05, 0.1) is 11.5 Å². The van der Waals surface area contributed by atoms with Crippen LogP contribution in [-0.4, -0.2) is 36.8 Å². The first-order chi connectivity index (χ1) is 20.2. The van der Waals surface area contributed by atoms with Gasteiger partial charge in [0.25, 0.3) is 0 Å². The molecule has 1 aliphatic heterocycles. The van der Waals surface area contributed by atoms with Crippen LogP contribution in [0.1, 0.15) is 32.7 Å². The second-order valence-corrected chi connectivity index (χ2v) is 10.7. The molecule has 0 aliphatic carbocycles. The van der Waals surface area contributed by atoms with E-state index in [0.717, 1.165) is 10.0 Å². The minimum absolute atomic E-state index is 0.00687. The predicted octanol–water partition coefficient (Wildman–Crippen LogP) is 6.55. The van der Waals surface area contributed by atoms with E-state index in [2.05, 4.69) is 15.9 Å². The maximum atomic E-state index is 12.7. The Morgan fingerprint density at radius 3 is 2.00 bits per heavy atom. The van der Waals surface area contributed by atoms with E-state index in [1.807, 2.05) is 31.2 Å². The minimum Gasteiger partial charge on any atom is -0.457 e. The molecular weight excluding hydrogens is 602 g/mol. The summed E-state index contributed by atoms with van der Waals surface area (Å²) < 4.78 is 17.3. The fraction of sp³-hybridized carbons (Fsp3) is 0.152. The molecule has 1 amide bonds. The summed E-state index contributed by atoms with van der Waals surface area (Å²) in [6.45, 7) is 1.69. The maximum absolute atomic E-state index is 12.7. The summed E-state index contributed by atoms with van der Waals surface area (Å²) in [7, 11) is 0. The number of ketones is 1. The van der Waals surface area contributed by atoms with Gasteiger partial charge in [-0.2, -0.15) is 0 Å². The highest BCUT2D eigenvalue weighted by molar-refractivity contribution is 9.10. The van der Waals surface area contributed by atoms with Crippen molar-refractivity contribution < 1.29 is 33.4 Å². The number of ether oxygens (including phenoxy) is 3. The number of benzene rings is 4. The fourth-order valence-corrected chi connectivity index (χ4v) is 4.61. The van der Waals surface area contributed by atoms with Crippen molar-refractivity contribution in [1.82, 2.24) is 0 Å². The molecule has 0 bridgehead atoms. The number of anilines is 1. The first kappa shape index (κ1) is 28.8. The van der Waals surface area contributed by atoms with Crippen molar-refractivity contribution >= 4 is 45.2 Å². The molecule has 4 aromatic rings. The summed E-state index contributed by atoms with van der Waals surface area (Å²) >= 11 is 3.31. The Hall–Kier alpha value is -4.76. The lowest BCUT2D eigenvalue weighted by Gasteiger charge is -2.17. The molecule has 8 nitrogen and oxygen atoms in total. The summed E-state index contributed by atoms with van der Waals surface area (Å²) in [5.41, 5.74) is 2.46.